The van der Waals surface area contributed by atoms with Crippen molar-refractivity contribution < 1.29 is 0 Å². The number of hydrogen-bond donors (Lipinski definition) is 1. The van der Waals surface area contributed by atoms with Gasteiger partial charge in [0.2, 0.25) is 0 Å². The zero-order chi connectivity index (χ0) is 13.9. The van der Waals surface area contributed by atoms with Gasteiger partial charge in [-0.3, -0.25) is 0 Å². The molecule has 1 aromatic carbocycles. The second-order valence-electron chi connectivity index (χ2n) is 5.33. The number of thioether (sulfide) groups is 1. The van der Waals surface area contributed by atoms with E-state index in [1.54, 1.807) is 0 Å². The van der Waals surface area contributed by atoms with Crippen LogP contribution in [0.25, 0.3) is 0 Å². The second-order valence-corrected chi connectivity index (χ2v) is 6.50. The second kappa shape index (κ2) is 10.3. The molecule has 0 aliphatic rings. The van der Waals surface area contributed by atoms with Crippen LogP contribution >= 0.6 is 11.8 Å². The Morgan fingerprint density at radius 3 is 2.11 bits per heavy atom. The summed E-state index contributed by atoms with van der Waals surface area (Å²) in [5.74, 6) is 1.24. The van der Waals surface area contributed by atoms with Crippen LogP contribution in [-0.2, 0) is 0 Å². The summed E-state index contributed by atoms with van der Waals surface area (Å²) in [4.78, 5) is 1.37. The minimum atomic E-state index is 0.141. The molecule has 0 heterocycles. The van der Waals surface area contributed by atoms with Crippen LogP contribution in [0.1, 0.15) is 70.4 Å². The van der Waals surface area contributed by atoms with Crippen LogP contribution in [0.15, 0.2) is 29.2 Å². The molecule has 0 saturated heterocycles. The highest BCUT2D eigenvalue weighted by atomic mass is 32.2. The van der Waals surface area contributed by atoms with Crippen LogP contribution in [-0.4, -0.2) is 5.75 Å². The molecular formula is C17H29NS. The number of unbranched alkanes of at least 4 members (excludes halogenated alkanes) is 6. The third kappa shape index (κ3) is 7.64. The molecule has 2 N–H and O–H groups in total. The van der Waals surface area contributed by atoms with Crippen LogP contribution in [0.2, 0.25) is 0 Å². The van der Waals surface area contributed by atoms with Gasteiger partial charge in [-0.1, -0.05) is 57.6 Å². The van der Waals surface area contributed by atoms with E-state index in [1.165, 1.54) is 61.2 Å². The first-order valence-corrected chi connectivity index (χ1v) is 8.71. The van der Waals surface area contributed by atoms with Crippen molar-refractivity contribution in [3.05, 3.63) is 29.8 Å². The van der Waals surface area contributed by atoms with Crippen molar-refractivity contribution in [3.63, 3.8) is 0 Å². The van der Waals surface area contributed by atoms with Gasteiger partial charge in [0, 0.05) is 10.9 Å². The predicted octanol–water partition coefficient (Wildman–Crippen LogP) is 5.55. The Balaban J connectivity index is 2.06. The Bertz CT molecular complexity index is 319. The molecule has 1 aromatic rings. The minimum Gasteiger partial charge on any atom is -0.324 e. The molecule has 0 aliphatic carbocycles. The normalized spacial score (nSPS) is 12.6. The molecule has 0 radical (unpaired) electrons. The van der Waals surface area contributed by atoms with Gasteiger partial charge in [-0.25, -0.2) is 0 Å². The summed E-state index contributed by atoms with van der Waals surface area (Å²) in [5.41, 5.74) is 7.07. The fraction of sp³-hybridized carbons (Fsp3) is 0.647. The average molecular weight is 279 g/mol. The maximum absolute atomic E-state index is 5.85. The van der Waals surface area contributed by atoms with Gasteiger partial charge in [0.25, 0.3) is 0 Å². The van der Waals surface area contributed by atoms with Gasteiger partial charge in [0.05, 0.1) is 0 Å². The molecule has 2 heteroatoms. The maximum Gasteiger partial charge on any atom is 0.0266 e. The summed E-state index contributed by atoms with van der Waals surface area (Å²) < 4.78 is 0. The summed E-state index contributed by atoms with van der Waals surface area (Å²) >= 11 is 1.97. The number of hydrogen-bond acceptors (Lipinski definition) is 2. The Morgan fingerprint density at radius 1 is 0.947 bits per heavy atom. The lowest BCUT2D eigenvalue weighted by Gasteiger charge is -2.07. The standard InChI is InChI=1S/C17H29NS/c1-3-4-5-6-7-8-9-14-19-17-12-10-16(11-13-17)15(2)18/h10-13,15H,3-9,14,18H2,1-2H3. The highest BCUT2D eigenvalue weighted by Gasteiger charge is 1.99. The lowest BCUT2D eigenvalue weighted by atomic mass is 10.1. The third-order valence-corrected chi connectivity index (χ3v) is 4.52. The zero-order valence-electron chi connectivity index (χ0n) is 12.5. The summed E-state index contributed by atoms with van der Waals surface area (Å²) in [7, 11) is 0. The molecule has 0 aromatic heterocycles. The summed E-state index contributed by atoms with van der Waals surface area (Å²) in [6.07, 6.45) is 9.71. The van der Waals surface area contributed by atoms with Gasteiger partial charge in [-0.2, -0.15) is 0 Å². The molecule has 1 unspecified atom stereocenters. The van der Waals surface area contributed by atoms with Gasteiger partial charge in [-0.15, -0.1) is 11.8 Å². The quantitative estimate of drug-likeness (QED) is 0.449. The first kappa shape index (κ1) is 16.6. The van der Waals surface area contributed by atoms with E-state index in [1.807, 2.05) is 18.7 Å². The molecule has 1 rings (SSSR count). The Hall–Kier alpha value is -0.470. The van der Waals surface area contributed by atoms with Crippen LogP contribution < -0.4 is 5.73 Å². The predicted molar refractivity (Wildman–Crippen MR) is 87.8 cm³/mol. The van der Waals surface area contributed by atoms with Crippen LogP contribution in [0.5, 0.6) is 0 Å². The van der Waals surface area contributed by atoms with E-state index in [0.29, 0.717) is 0 Å². The summed E-state index contributed by atoms with van der Waals surface area (Å²) in [6.45, 7) is 4.30. The van der Waals surface area contributed by atoms with E-state index >= 15 is 0 Å². The molecule has 1 atom stereocenters. The van der Waals surface area contributed by atoms with E-state index in [0.717, 1.165) is 0 Å². The smallest absolute Gasteiger partial charge is 0.0266 e. The topological polar surface area (TPSA) is 26.0 Å². The fourth-order valence-electron chi connectivity index (χ4n) is 2.12. The molecule has 108 valence electrons. The van der Waals surface area contributed by atoms with Gasteiger partial charge in [0.1, 0.15) is 0 Å². The lowest BCUT2D eigenvalue weighted by molar-refractivity contribution is 0.603. The first-order chi connectivity index (χ1) is 9.24. The maximum atomic E-state index is 5.85. The van der Waals surface area contributed by atoms with Gasteiger partial charge < -0.3 is 5.73 Å². The van der Waals surface area contributed by atoms with E-state index < -0.39 is 0 Å². The molecule has 0 fully saturated rings. The molecule has 0 amide bonds. The molecule has 19 heavy (non-hydrogen) atoms. The van der Waals surface area contributed by atoms with Gasteiger partial charge in [0.15, 0.2) is 0 Å². The van der Waals surface area contributed by atoms with Crippen molar-refractivity contribution >= 4 is 11.8 Å². The highest BCUT2D eigenvalue weighted by molar-refractivity contribution is 7.99. The molecule has 0 aliphatic heterocycles. The molecule has 0 spiro atoms. The highest BCUT2D eigenvalue weighted by Crippen LogP contribution is 2.22. The van der Waals surface area contributed by atoms with Crippen molar-refractivity contribution in [1.29, 1.82) is 0 Å². The zero-order valence-corrected chi connectivity index (χ0v) is 13.3. The van der Waals surface area contributed by atoms with Crippen molar-refractivity contribution in [2.24, 2.45) is 5.73 Å². The summed E-state index contributed by atoms with van der Waals surface area (Å²) in [5, 5.41) is 0. The molecule has 0 saturated carbocycles. The Labute approximate surface area is 123 Å². The van der Waals surface area contributed by atoms with Crippen molar-refractivity contribution in [1.82, 2.24) is 0 Å². The monoisotopic (exact) mass is 279 g/mol. The van der Waals surface area contributed by atoms with E-state index in [-0.39, 0.29) is 6.04 Å². The van der Waals surface area contributed by atoms with Gasteiger partial charge in [-0.05, 0) is 36.8 Å². The number of rotatable bonds is 10. The minimum absolute atomic E-state index is 0.141. The fourth-order valence-corrected chi connectivity index (χ4v) is 3.03. The number of nitrogens with two attached hydrogens (primary N) is 1. The molecule has 1 nitrogen and oxygen atoms in total. The lowest BCUT2D eigenvalue weighted by Crippen LogP contribution is -2.04. The average Bonchev–Trinajstić information content (AvgIpc) is 2.42. The Kier molecular flexibility index (Phi) is 9.02. The first-order valence-electron chi connectivity index (χ1n) is 7.72. The molecule has 0 bridgehead atoms. The largest absolute Gasteiger partial charge is 0.324 e. The van der Waals surface area contributed by atoms with E-state index in [9.17, 15) is 0 Å². The van der Waals surface area contributed by atoms with Crippen molar-refractivity contribution in [3.8, 4) is 0 Å². The van der Waals surface area contributed by atoms with Gasteiger partial charge >= 0.3 is 0 Å². The van der Waals surface area contributed by atoms with Crippen LogP contribution in [0, 0.1) is 0 Å². The summed E-state index contributed by atoms with van der Waals surface area (Å²) in [6, 6.07) is 8.84. The van der Waals surface area contributed by atoms with Crippen molar-refractivity contribution in [2.45, 2.75) is 69.7 Å². The molecular weight excluding hydrogens is 250 g/mol. The van der Waals surface area contributed by atoms with Crippen molar-refractivity contribution in [2.75, 3.05) is 5.75 Å². The number of benzene rings is 1. The van der Waals surface area contributed by atoms with E-state index in [4.69, 9.17) is 5.73 Å². The van der Waals surface area contributed by atoms with Crippen LogP contribution in [0.3, 0.4) is 0 Å². The van der Waals surface area contributed by atoms with Crippen LogP contribution in [0.4, 0.5) is 0 Å². The third-order valence-electron chi connectivity index (χ3n) is 3.42. The van der Waals surface area contributed by atoms with E-state index in [2.05, 4.69) is 31.2 Å². The SMILES string of the molecule is CCCCCCCCCSc1ccc(C(C)N)cc1. The Morgan fingerprint density at radius 2 is 1.53 bits per heavy atom.